The van der Waals surface area contributed by atoms with E-state index in [0.717, 1.165) is 23.0 Å². The van der Waals surface area contributed by atoms with E-state index in [0.29, 0.717) is 28.6 Å². The first-order chi connectivity index (χ1) is 14.1. The van der Waals surface area contributed by atoms with Gasteiger partial charge in [-0.15, -0.1) is 5.10 Å². The van der Waals surface area contributed by atoms with Crippen molar-refractivity contribution in [1.29, 1.82) is 0 Å². The van der Waals surface area contributed by atoms with E-state index in [9.17, 15) is 4.39 Å². The van der Waals surface area contributed by atoms with Gasteiger partial charge in [0, 0.05) is 31.5 Å². The van der Waals surface area contributed by atoms with Crippen LogP contribution in [-0.2, 0) is 20.2 Å². The van der Waals surface area contributed by atoms with Crippen molar-refractivity contribution in [2.75, 3.05) is 19.4 Å². The molecule has 3 rings (SSSR count). The maximum Gasteiger partial charge on any atom is 0.209 e. The molecule has 3 aromatic rings. The van der Waals surface area contributed by atoms with Gasteiger partial charge in [-0.05, 0) is 34.2 Å². The summed E-state index contributed by atoms with van der Waals surface area (Å²) in [7, 11) is 3.35. The van der Waals surface area contributed by atoms with Crippen LogP contribution in [0.3, 0.4) is 0 Å². The highest BCUT2D eigenvalue weighted by atomic mass is 35.5. The molecule has 1 aromatic heterocycles. The van der Waals surface area contributed by atoms with Crippen molar-refractivity contribution in [2.24, 2.45) is 7.05 Å². The van der Waals surface area contributed by atoms with Gasteiger partial charge >= 0.3 is 0 Å². The van der Waals surface area contributed by atoms with Crippen LogP contribution in [0.5, 0.6) is 11.5 Å². The zero-order valence-electron chi connectivity index (χ0n) is 16.4. The number of nitrogens with zero attached hydrogens (tertiary/aromatic N) is 4. The van der Waals surface area contributed by atoms with Crippen LogP contribution in [0.2, 0.25) is 5.02 Å². The summed E-state index contributed by atoms with van der Waals surface area (Å²) < 4.78 is 26.6. The summed E-state index contributed by atoms with van der Waals surface area (Å²) in [5.74, 6) is 1.40. The smallest absolute Gasteiger partial charge is 0.209 e. The molecule has 0 radical (unpaired) electrons. The van der Waals surface area contributed by atoms with Gasteiger partial charge in [0.2, 0.25) is 5.16 Å². The topological polar surface area (TPSA) is 74.1 Å². The van der Waals surface area contributed by atoms with E-state index in [2.05, 4.69) is 20.8 Å². The molecular weight excluding hydrogens is 452 g/mol. The Labute approximate surface area is 189 Å². The van der Waals surface area contributed by atoms with Crippen molar-refractivity contribution in [1.82, 2.24) is 25.5 Å². The molecule has 0 unspecified atom stereocenters. The van der Waals surface area contributed by atoms with Gasteiger partial charge in [-0.1, -0.05) is 41.6 Å². The monoisotopic (exact) mass is 472 g/mol. The second-order valence-electron chi connectivity index (χ2n) is 6.10. The lowest BCUT2D eigenvalue weighted by Gasteiger charge is -2.15. The van der Waals surface area contributed by atoms with E-state index in [1.807, 2.05) is 12.1 Å². The number of hydrogen-bond acceptors (Lipinski definition) is 7. The number of tetrazole rings is 1. The average Bonchev–Trinajstić information content (AvgIpc) is 3.12. The van der Waals surface area contributed by atoms with E-state index < -0.39 is 0 Å². The first kappa shape index (κ1) is 24.2. The summed E-state index contributed by atoms with van der Waals surface area (Å²) in [6, 6.07) is 10.1. The Morgan fingerprint density at radius 1 is 1.27 bits per heavy atom. The number of thioether (sulfide) groups is 1. The zero-order chi connectivity index (χ0) is 20.6. The zero-order valence-corrected chi connectivity index (χ0v) is 18.8. The van der Waals surface area contributed by atoms with Crippen LogP contribution in [0.25, 0.3) is 0 Å². The Morgan fingerprint density at radius 2 is 2.07 bits per heavy atom. The molecule has 1 N–H and O–H groups in total. The standard InChI is InChI=1S/C19H21ClFN5O2S.ClH/c1-26-19(23-24-25-26)29-8-7-22-11-13-9-15(20)18(17(10-13)27-2)28-12-14-5-3-4-6-16(14)21;/h3-6,9-10,22H,7-8,11-12H2,1-2H3;1H/p-1. The third-order valence-electron chi connectivity index (χ3n) is 4.04. The van der Waals surface area contributed by atoms with Gasteiger partial charge in [0.25, 0.3) is 0 Å². The van der Waals surface area contributed by atoms with Gasteiger partial charge in [0.15, 0.2) is 11.5 Å². The number of nitrogens with one attached hydrogen (secondary N) is 1. The molecule has 0 aliphatic carbocycles. The van der Waals surface area contributed by atoms with Crippen molar-refractivity contribution in [3.63, 3.8) is 0 Å². The van der Waals surface area contributed by atoms with E-state index in [1.165, 1.54) is 6.07 Å². The molecule has 0 atom stereocenters. The molecule has 0 aliphatic rings. The first-order valence-electron chi connectivity index (χ1n) is 8.87. The lowest BCUT2D eigenvalue weighted by molar-refractivity contribution is -0.00000720. The number of methoxy groups -OCH3 is 1. The van der Waals surface area contributed by atoms with Crippen LogP contribution >= 0.6 is 23.4 Å². The van der Waals surface area contributed by atoms with Crippen LogP contribution in [0.1, 0.15) is 11.1 Å². The van der Waals surface area contributed by atoms with E-state index in [-0.39, 0.29) is 24.8 Å². The lowest BCUT2D eigenvalue weighted by atomic mass is 10.2. The minimum absolute atomic E-state index is 0. The predicted octanol–water partition coefficient (Wildman–Crippen LogP) is 0.476. The van der Waals surface area contributed by atoms with Gasteiger partial charge in [-0.3, -0.25) is 0 Å². The molecule has 0 fully saturated rings. The number of benzene rings is 2. The van der Waals surface area contributed by atoms with Gasteiger partial charge in [-0.25, -0.2) is 9.07 Å². The molecule has 30 heavy (non-hydrogen) atoms. The summed E-state index contributed by atoms with van der Waals surface area (Å²) in [6.45, 7) is 1.44. The lowest BCUT2D eigenvalue weighted by Crippen LogP contribution is -3.00. The fraction of sp³-hybridized carbons (Fsp3) is 0.316. The van der Waals surface area contributed by atoms with Gasteiger partial charge in [-0.2, -0.15) is 0 Å². The number of halogens is 3. The van der Waals surface area contributed by atoms with E-state index >= 15 is 0 Å². The van der Waals surface area contributed by atoms with Crippen LogP contribution < -0.4 is 27.2 Å². The minimum Gasteiger partial charge on any atom is -1.00 e. The predicted molar refractivity (Wildman–Crippen MR) is 110 cm³/mol. The summed E-state index contributed by atoms with van der Waals surface area (Å²) in [6.07, 6.45) is 0. The maximum atomic E-state index is 13.8. The number of aromatic nitrogens is 4. The first-order valence-corrected chi connectivity index (χ1v) is 10.2. The van der Waals surface area contributed by atoms with Crippen LogP contribution in [0.4, 0.5) is 4.39 Å². The Bertz CT molecular complexity index is 960. The Balaban J connectivity index is 0.00000320. The number of hydrogen-bond donors (Lipinski definition) is 1. The van der Waals surface area contributed by atoms with Crippen molar-refractivity contribution in [3.05, 3.63) is 58.4 Å². The quantitative estimate of drug-likeness (QED) is 0.339. The maximum absolute atomic E-state index is 13.8. The fourth-order valence-corrected chi connectivity index (χ4v) is 3.61. The van der Waals surface area contributed by atoms with Crippen LogP contribution in [-0.4, -0.2) is 39.6 Å². The third kappa shape index (κ3) is 6.46. The molecule has 0 aliphatic heterocycles. The Morgan fingerprint density at radius 3 is 2.77 bits per heavy atom. The molecule has 11 heteroatoms. The highest BCUT2D eigenvalue weighted by Gasteiger charge is 2.13. The van der Waals surface area contributed by atoms with Crippen LogP contribution in [0, 0.1) is 5.82 Å². The van der Waals surface area contributed by atoms with E-state index in [1.54, 1.807) is 48.8 Å². The molecule has 0 saturated carbocycles. The normalized spacial score (nSPS) is 10.5. The summed E-state index contributed by atoms with van der Waals surface area (Å²) in [5, 5.41) is 15.9. The average molecular weight is 473 g/mol. The Hall–Kier alpha value is -2.07. The van der Waals surface area contributed by atoms with Crippen molar-refractivity contribution < 1.29 is 26.3 Å². The van der Waals surface area contributed by atoms with Gasteiger partial charge < -0.3 is 27.2 Å². The van der Waals surface area contributed by atoms with E-state index in [4.69, 9.17) is 21.1 Å². The minimum atomic E-state index is -0.321. The molecular formula is C19H21Cl2FN5O2S-. The van der Waals surface area contributed by atoms with Crippen molar-refractivity contribution in [3.8, 4) is 11.5 Å². The molecule has 162 valence electrons. The Kier molecular flexibility index (Phi) is 9.64. The van der Waals surface area contributed by atoms with Crippen molar-refractivity contribution in [2.45, 2.75) is 18.3 Å². The second-order valence-corrected chi connectivity index (χ2v) is 7.57. The SMILES string of the molecule is COc1cc(CNCCSc2nnnn2C)cc(Cl)c1OCc1ccccc1F.[Cl-]. The summed E-state index contributed by atoms with van der Waals surface area (Å²) >= 11 is 7.96. The molecule has 7 nitrogen and oxygen atoms in total. The van der Waals surface area contributed by atoms with Crippen molar-refractivity contribution >= 4 is 23.4 Å². The largest absolute Gasteiger partial charge is 1.00 e. The highest BCUT2D eigenvalue weighted by Crippen LogP contribution is 2.37. The molecule has 1 heterocycles. The molecule has 0 bridgehead atoms. The fourth-order valence-electron chi connectivity index (χ4n) is 2.57. The molecule has 0 amide bonds. The summed E-state index contributed by atoms with van der Waals surface area (Å²) in [5.41, 5.74) is 1.40. The van der Waals surface area contributed by atoms with Gasteiger partial charge in [0.05, 0.1) is 12.1 Å². The molecule has 0 spiro atoms. The molecule has 0 saturated heterocycles. The molecule has 2 aromatic carbocycles. The third-order valence-corrected chi connectivity index (χ3v) is 5.33. The second kappa shape index (κ2) is 11.9. The number of aryl methyl sites for hydroxylation is 1. The summed E-state index contributed by atoms with van der Waals surface area (Å²) in [4.78, 5) is 0. The number of rotatable bonds is 10. The van der Waals surface area contributed by atoms with Gasteiger partial charge in [0.1, 0.15) is 12.4 Å². The number of ether oxygens (including phenoxy) is 2. The highest BCUT2D eigenvalue weighted by molar-refractivity contribution is 7.99. The van der Waals surface area contributed by atoms with Crippen LogP contribution in [0.15, 0.2) is 41.6 Å².